The molecule has 3 rings (SSSR count). The van der Waals surface area contributed by atoms with Gasteiger partial charge >= 0.3 is 6.03 Å². The molecule has 1 aromatic carbocycles. The van der Waals surface area contributed by atoms with Crippen molar-refractivity contribution in [1.82, 2.24) is 14.7 Å². The molecule has 144 valence electrons. The SMILES string of the molecule is COCCCN1C(=O)c2ccc(NC(=O)N3CCN(C=O)CC3)cc2C1=O. The fourth-order valence-electron chi connectivity index (χ4n) is 3.17. The minimum atomic E-state index is -0.359. The fourth-order valence-corrected chi connectivity index (χ4v) is 3.17. The highest BCUT2D eigenvalue weighted by atomic mass is 16.5. The number of carbonyl (C=O) groups excluding carboxylic acids is 4. The first kappa shape index (κ1) is 18.8. The molecule has 0 aliphatic carbocycles. The third-order valence-electron chi connectivity index (χ3n) is 4.70. The number of methoxy groups -OCH3 is 1. The number of piperazine rings is 1. The zero-order chi connectivity index (χ0) is 19.4. The number of nitrogens with zero attached hydrogens (tertiary/aromatic N) is 3. The summed E-state index contributed by atoms with van der Waals surface area (Å²) in [5.74, 6) is -0.684. The summed E-state index contributed by atoms with van der Waals surface area (Å²) < 4.78 is 4.96. The van der Waals surface area contributed by atoms with Crippen molar-refractivity contribution in [2.75, 3.05) is 51.8 Å². The van der Waals surface area contributed by atoms with Crippen molar-refractivity contribution in [3.8, 4) is 0 Å². The lowest BCUT2D eigenvalue weighted by molar-refractivity contribution is -0.119. The molecule has 1 aromatic rings. The Bertz CT molecular complexity index is 758. The van der Waals surface area contributed by atoms with Gasteiger partial charge in [0.25, 0.3) is 11.8 Å². The van der Waals surface area contributed by atoms with Gasteiger partial charge in [-0.25, -0.2) is 4.79 Å². The summed E-state index contributed by atoms with van der Waals surface area (Å²) >= 11 is 0. The van der Waals surface area contributed by atoms with Crippen molar-refractivity contribution in [2.24, 2.45) is 0 Å². The molecular formula is C18H22N4O5. The van der Waals surface area contributed by atoms with Crippen molar-refractivity contribution in [3.05, 3.63) is 29.3 Å². The van der Waals surface area contributed by atoms with Crippen LogP contribution in [0.1, 0.15) is 27.1 Å². The van der Waals surface area contributed by atoms with E-state index in [2.05, 4.69) is 5.32 Å². The summed E-state index contributed by atoms with van der Waals surface area (Å²) in [7, 11) is 1.57. The molecule has 0 radical (unpaired) electrons. The Labute approximate surface area is 156 Å². The van der Waals surface area contributed by atoms with Gasteiger partial charge in [-0.15, -0.1) is 0 Å². The van der Waals surface area contributed by atoms with Gasteiger partial charge in [0.15, 0.2) is 0 Å². The number of anilines is 1. The quantitative estimate of drug-likeness (QED) is 0.447. The van der Waals surface area contributed by atoms with E-state index in [4.69, 9.17) is 4.74 Å². The van der Waals surface area contributed by atoms with Gasteiger partial charge in [0.1, 0.15) is 0 Å². The molecule has 9 heteroatoms. The zero-order valence-electron chi connectivity index (χ0n) is 15.1. The molecule has 2 aliphatic heterocycles. The van der Waals surface area contributed by atoms with Crippen molar-refractivity contribution in [1.29, 1.82) is 0 Å². The number of rotatable bonds is 6. The van der Waals surface area contributed by atoms with Crippen LogP contribution >= 0.6 is 0 Å². The standard InChI is InChI=1S/C18H22N4O5/c1-27-10-2-5-22-16(24)14-4-3-13(11-15(14)17(22)25)19-18(26)21-8-6-20(12-23)7-9-21/h3-4,11-12H,2,5-10H2,1H3,(H,19,26). The minimum Gasteiger partial charge on any atom is -0.385 e. The fraction of sp³-hybridized carbons (Fsp3) is 0.444. The zero-order valence-corrected chi connectivity index (χ0v) is 15.1. The van der Waals surface area contributed by atoms with E-state index in [1.165, 1.54) is 11.0 Å². The smallest absolute Gasteiger partial charge is 0.321 e. The molecule has 0 saturated carbocycles. The molecular weight excluding hydrogens is 352 g/mol. The molecule has 0 aromatic heterocycles. The van der Waals surface area contributed by atoms with Crippen LogP contribution in [0.5, 0.6) is 0 Å². The lowest BCUT2D eigenvalue weighted by Gasteiger charge is -2.32. The number of fused-ring (bicyclic) bond motifs is 1. The predicted molar refractivity (Wildman–Crippen MR) is 96.5 cm³/mol. The van der Waals surface area contributed by atoms with Gasteiger partial charge in [-0.3, -0.25) is 19.3 Å². The Morgan fingerprint density at radius 3 is 2.52 bits per heavy atom. The number of ether oxygens (including phenoxy) is 1. The van der Waals surface area contributed by atoms with Gasteiger partial charge in [0.2, 0.25) is 6.41 Å². The molecule has 5 amide bonds. The highest BCUT2D eigenvalue weighted by Crippen LogP contribution is 2.26. The molecule has 0 bridgehead atoms. The second-order valence-corrected chi connectivity index (χ2v) is 6.43. The molecule has 0 spiro atoms. The maximum Gasteiger partial charge on any atom is 0.321 e. The van der Waals surface area contributed by atoms with E-state index in [0.717, 1.165) is 6.41 Å². The number of benzene rings is 1. The number of hydrogen-bond donors (Lipinski definition) is 1. The third kappa shape index (κ3) is 3.92. The Balaban J connectivity index is 1.65. The van der Waals surface area contributed by atoms with Crippen LogP contribution in [0, 0.1) is 0 Å². The van der Waals surface area contributed by atoms with Crippen LogP contribution in [0.15, 0.2) is 18.2 Å². The van der Waals surface area contributed by atoms with Crippen LogP contribution in [-0.2, 0) is 9.53 Å². The summed E-state index contributed by atoms with van der Waals surface area (Å²) in [4.78, 5) is 52.4. The van der Waals surface area contributed by atoms with Crippen LogP contribution in [-0.4, -0.2) is 85.4 Å². The van der Waals surface area contributed by atoms with Gasteiger partial charge in [-0.2, -0.15) is 0 Å². The van der Waals surface area contributed by atoms with Crippen molar-refractivity contribution in [3.63, 3.8) is 0 Å². The van der Waals surface area contributed by atoms with Crippen LogP contribution in [0.3, 0.4) is 0 Å². The number of nitrogens with one attached hydrogen (secondary N) is 1. The molecule has 1 fully saturated rings. The minimum absolute atomic E-state index is 0.293. The van der Waals surface area contributed by atoms with E-state index in [0.29, 0.717) is 62.6 Å². The molecule has 1 N–H and O–H groups in total. The van der Waals surface area contributed by atoms with Crippen molar-refractivity contribution < 1.29 is 23.9 Å². The van der Waals surface area contributed by atoms with E-state index < -0.39 is 0 Å². The molecule has 0 unspecified atom stereocenters. The number of amides is 5. The molecule has 2 heterocycles. The highest BCUT2D eigenvalue weighted by Gasteiger charge is 2.35. The normalized spacial score (nSPS) is 16.6. The van der Waals surface area contributed by atoms with Crippen molar-refractivity contribution in [2.45, 2.75) is 6.42 Å². The van der Waals surface area contributed by atoms with Crippen LogP contribution in [0.4, 0.5) is 10.5 Å². The lowest BCUT2D eigenvalue weighted by Crippen LogP contribution is -2.49. The lowest BCUT2D eigenvalue weighted by atomic mass is 10.1. The molecule has 27 heavy (non-hydrogen) atoms. The summed E-state index contributed by atoms with van der Waals surface area (Å²) in [5.41, 5.74) is 1.09. The number of imide groups is 1. The number of urea groups is 1. The van der Waals surface area contributed by atoms with Crippen LogP contribution in [0.25, 0.3) is 0 Å². The summed E-state index contributed by atoms with van der Waals surface area (Å²) in [6.45, 7) is 2.63. The molecule has 1 saturated heterocycles. The van der Waals surface area contributed by atoms with Crippen LogP contribution < -0.4 is 5.32 Å². The van der Waals surface area contributed by atoms with Gasteiger partial charge in [-0.05, 0) is 24.6 Å². The summed E-state index contributed by atoms with van der Waals surface area (Å²) in [6, 6.07) is 4.41. The Morgan fingerprint density at radius 2 is 1.85 bits per heavy atom. The Hall–Kier alpha value is -2.94. The van der Waals surface area contributed by atoms with Gasteiger partial charge in [0.05, 0.1) is 11.1 Å². The maximum atomic E-state index is 12.5. The number of hydrogen-bond acceptors (Lipinski definition) is 5. The third-order valence-corrected chi connectivity index (χ3v) is 4.70. The first-order valence-corrected chi connectivity index (χ1v) is 8.79. The Morgan fingerprint density at radius 1 is 1.15 bits per heavy atom. The van der Waals surface area contributed by atoms with E-state index >= 15 is 0 Å². The van der Waals surface area contributed by atoms with E-state index in [1.807, 2.05) is 0 Å². The van der Waals surface area contributed by atoms with E-state index in [1.54, 1.807) is 29.0 Å². The van der Waals surface area contributed by atoms with E-state index in [9.17, 15) is 19.2 Å². The average Bonchev–Trinajstić information content (AvgIpc) is 2.92. The summed E-state index contributed by atoms with van der Waals surface area (Å²) in [5, 5.41) is 2.75. The van der Waals surface area contributed by atoms with Gasteiger partial charge in [-0.1, -0.05) is 0 Å². The monoisotopic (exact) mass is 374 g/mol. The predicted octanol–water partition coefficient (Wildman–Crippen LogP) is 0.625. The van der Waals surface area contributed by atoms with Gasteiger partial charge < -0.3 is 19.9 Å². The number of carbonyl (C=O) groups is 4. The average molecular weight is 374 g/mol. The first-order valence-electron chi connectivity index (χ1n) is 8.79. The first-order chi connectivity index (χ1) is 13.0. The topological polar surface area (TPSA) is 99.3 Å². The van der Waals surface area contributed by atoms with E-state index in [-0.39, 0.29) is 17.8 Å². The van der Waals surface area contributed by atoms with Gasteiger partial charge in [0, 0.05) is 52.1 Å². The summed E-state index contributed by atoms with van der Waals surface area (Å²) in [6.07, 6.45) is 1.34. The molecule has 9 nitrogen and oxygen atoms in total. The van der Waals surface area contributed by atoms with Crippen molar-refractivity contribution >= 4 is 29.9 Å². The Kier molecular flexibility index (Phi) is 5.70. The largest absolute Gasteiger partial charge is 0.385 e. The maximum absolute atomic E-state index is 12.5. The highest BCUT2D eigenvalue weighted by molar-refractivity contribution is 6.21. The second kappa shape index (κ2) is 8.17. The second-order valence-electron chi connectivity index (χ2n) is 6.43. The molecule has 2 aliphatic rings. The van der Waals surface area contributed by atoms with Crippen LogP contribution in [0.2, 0.25) is 0 Å². The molecule has 0 atom stereocenters.